The van der Waals surface area contributed by atoms with Crippen molar-refractivity contribution in [1.82, 2.24) is 10.2 Å². The van der Waals surface area contributed by atoms with E-state index in [-0.39, 0.29) is 17.9 Å². The third-order valence-electron chi connectivity index (χ3n) is 5.10. The number of carbonyl (C=O) groups is 2. The first-order valence-corrected chi connectivity index (χ1v) is 10.8. The predicted octanol–water partition coefficient (Wildman–Crippen LogP) is 5.10. The highest BCUT2D eigenvalue weighted by atomic mass is 35.5. The average molecular weight is 425 g/mol. The van der Waals surface area contributed by atoms with Gasteiger partial charge in [0.1, 0.15) is 0 Å². The van der Waals surface area contributed by atoms with Gasteiger partial charge in [-0.2, -0.15) is 0 Å². The monoisotopic (exact) mass is 424 g/mol. The number of rotatable bonds is 4. The van der Waals surface area contributed by atoms with Gasteiger partial charge in [0.2, 0.25) is 0 Å². The summed E-state index contributed by atoms with van der Waals surface area (Å²) in [7, 11) is 0. The zero-order valence-electron chi connectivity index (χ0n) is 15.8. The van der Waals surface area contributed by atoms with Crippen LogP contribution in [-0.2, 0) is 0 Å². The first-order chi connectivity index (χ1) is 14.1. The fraction of sp³-hybridized carbons (Fsp3) is 0.217. The van der Waals surface area contributed by atoms with Gasteiger partial charge in [0.25, 0.3) is 11.8 Å². The van der Waals surface area contributed by atoms with Crippen molar-refractivity contribution in [3.63, 3.8) is 0 Å². The van der Waals surface area contributed by atoms with E-state index in [1.165, 1.54) is 11.3 Å². The van der Waals surface area contributed by atoms with Crippen LogP contribution in [0.3, 0.4) is 0 Å². The molecule has 2 heterocycles. The van der Waals surface area contributed by atoms with E-state index < -0.39 is 0 Å². The van der Waals surface area contributed by atoms with Gasteiger partial charge in [-0.25, -0.2) is 0 Å². The maximum atomic E-state index is 12.9. The Morgan fingerprint density at radius 1 is 0.931 bits per heavy atom. The van der Waals surface area contributed by atoms with Crippen LogP contribution < -0.4 is 5.32 Å². The van der Waals surface area contributed by atoms with Gasteiger partial charge in [-0.05, 0) is 54.8 Å². The molecule has 0 radical (unpaired) electrons. The molecule has 6 heteroatoms. The van der Waals surface area contributed by atoms with Gasteiger partial charge in [0, 0.05) is 34.6 Å². The molecular weight excluding hydrogens is 404 g/mol. The molecule has 0 bridgehead atoms. The van der Waals surface area contributed by atoms with Gasteiger partial charge in [-0.1, -0.05) is 41.9 Å². The van der Waals surface area contributed by atoms with Crippen LogP contribution in [0.1, 0.15) is 32.9 Å². The van der Waals surface area contributed by atoms with E-state index in [1.54, 1.807) is 0 Å². The Balaban J connectivity index is 1.33. The summed E-state index contributed by atoms with van der Waals surface area (Å²) in [6, 6.07) is 20.8. The van der Waals surface area contributed by atoms with Crippen LogP contribution in [0.25, 0.3) is 10.4 Å². The van der Waals surface area contributed by atoms with Crippen molar-refractivity contribution in [2.45, 2.75) is 18.9 Å². The maximum Gasteiger partial charge on any atom is 0.263 e. The molecule has 0 saturated carbocycles. The number of amides is 2. The zero-order chi connectivity index (χ0) is 20.2. The minimum Gasteiger partial charge on any atom is -0.349 e. The van der Waals surface area contributed by atoms with Crippen LogP contribution in [0.4, 0.5) is 0 Å². The molecule has 0 atom stereocenters. The molecule has 1 aromatic heterocycles. The average Bonchev–Trinajstić information content (AvgIpc) is 3.25. The molecule has 29 heavy (non-hydrogen) atoms. The lowest BCUT2D eigenvalue weighted by atomic mass is 10.0. The maximum absolute atomic E-state index is 12.9. The van der Waals surface area contributed by atoms with Gasteiger partial charge < -0.3 is 10.2 Å². The van der Waals surface area contributed by atoms with Gasteiger partial charge in [0.15, 0.2) is 0 Å². The predicted molar refractivity (Wildman–Crippen MR) is 118 cm³/mol. The van der Waals surface area contributed by atoms with Crippen molar-refractivity contribution in [3.8, 4) is 10.4 Å². The molecule has 0 unspecified atom stereocenters. The second kappa shape index (κ2) is 8.80. The molecule has 1 aliphatic rings. The number of halogens is 1. The number of nitrogens with zero attached hydrogens (tertiary/aromatic N) is 1. The smallest absolute Gasteiger partial charge is 0.263 e. The van der Waals surface area contributed by atoms with Crippen LogP contribution in [-0.4, -0.2) is 35.8 Å². The molecule has 1 fully saturated rings. The summed E-state index contributed by atoms with van der Waals surface area (Å²) in [6.07, 6.45) is 1.53. The van der Waals surface area contributed by atoms with Crippen LogP contribution in [0.2, 0.25) is 5.02 Å². The molecule has 2 aromatic carbocycles. The third-order valence-corrected chi connectivity index (χ3v) is 6.47. The Morgan fingerprint density at radius 3 is 2.31 bits per heavy atom. The third kappa shape index (κ3) is 4.69. The van der Waals surface area contributed by atoms with Crippen molar-refractivity contribution in [2.75, 3.05) is 13.1 Å². The van der Waals surface area contributed by atoms with E-state index in [1.807, 2.05) is 71.6 Å². The van der Waals surface area contributed by atoms with Crippen molar-refractivity contribution in [3.05, 3.63) is 82.2 Å². The number of carbonyl (C=O) groups excluding carboxylic acids is 2. The quantitative estimate of drug-likeness (QED) is 0.633. The van der Waals surface area contributed by atoms with E-state index in [0.717, 1.165) is 28.2 Å². The SMILES string of the molecule is O=C(NC1CCN(C(=O)c2ccc(-c3ccc(Cl)cc3)s2)CC1)c1ccccc1. The molecule has 1 aliphatic heterocycles. The summed E-state index contributed by atoms with van der Waals surface area (Å²) >= 11 is 7.45. The second-order valence-corrected chi connectivity index (χ2v) is 8.60. The minimum atomic E-state index is -0.0544. The van der Waals surface area contributed by atoms with Gasteiger partial charge in [-0.3, -0.25) is 9.59 Å². The zero-order valence-corrected chi connectivity index (χ0v) is 17.4. The largest absolute Gasteiger partial charge is 0.349 e. The van der Waals surface area contributed by atoms with E-state index in [2.05, 4.69) is 5.32 Å². The van der Waals surface area contributed by atoms with Crippen molar-refractivity contribution < 1.29 is 9.59 Å². The molecule has 148 valence electrons. The fourth-order valence-corrected chi connectivity index (χ4v) is 4.57. The number of nitrogens with one attached hydrogen (secondary N) is 1. The van der Waals surface area contributed by atoms with Crippen molar-refractivity contribution >= 4 is 34.8 Å². The number of benzene rings is 2. The lowest BCUT2D eigenvalue weighted by Gasteiger charge is -2.32. The van der Waals surface area contributed by atoms with Gasteiger partial charge >= 0.3 is 0 Å². The molecule has 1 saturated heterocycles. The Morgan fingerprint density at radius 2 is 1.62 bits per heavy atom. The highest BCUT2D eigenvalue weighted by Crippen LogP contribution is 2.30. The Kier molecular flexibility index (Phi) is 5.97. The fourth-order valence-electron chi connectivity index (χ4n) is 3.46. The molecule has 0 spiro atoms. The number of hydrogen-bond acceptors (Lipinski definition) is 3. The Bertz CT molecular complexity index is 993. The first kappa shape index (κ1) is 19.7. The molecular formula is C23H21ClN2O2S. The van der Waals surface area contributed by atoms with E-state index in [4.69, 9.17) is 11.6 Å². The van der Waals surface area contributed by atoms with Crippen LogP contribution in [0, 0.1) is 0 Å². The molecule has 4 nitrogen and oxygen atoms in total. The molecule has 0 aliphatic carbocycles. The summed E-state index contributed by atoms with van der Waals surface area (Å²) in [5, 5.41) is 3.78. The van der Waals surface area contributed by atoms with Gasteiger partial charge in [-0.15, -0.1) is 11.3 Å². The lowest BCUT2D eigenvalue weighted by molar-refractivity contribution is 0.0703. The van der Waals surface area contributed by atoms with Crippen LogP contribution in [0.15, 0.2) is 66.7 Å². The second-order valence-electron chi connectivity index (χ2n) is 7.08. The number of thiophene rings is 1. The van der Waals surface area contributed by atoms with E-state index in [0.29, 0.717) is 23.7 Å². The summed E-state index contributed by atoms with van der Waals surface area (Å²) < 4.78 is 0. The number of hydrogen-bond donors (Lipinski definition) is 1. The molecule has 2 amide bonds. The standard InChI is InChI=1S/C23H21ClN2O2S/c24-18-8-6-16(7-9-18)20-10-11-21(29-20)23(28)26-14-12-19(13-15-26)25-22(27)17-4-2-1-3-5-17/h1-11,19H,12-15H2,(H,25,27). The number of likely N-dealkylation sites (tertiary alicyclic amines) is 1. The van der Waals surface area contributed by atoms with Gasteiger partial charge in [0.05, 0.1) is 4.88 Å². The van der Waals surface area contributed by atoms with Crippen LogP contribution in [0.5, 0.6) is 0 Å². The summed E-state index contributed by atoms with van der Waals surface area (Å²) in [5.41, 5.74) is 1.72. The highest BCUT2D eigenvalue weighted by molar-refractivity contribution is 7.17. The highest BCUT2D eigenvalue weighted by Gasteiger charge is 2.25. The summed E-state index contributed by atoms with van der Waals surface area (Å²) in [4.78, 5) is 28.9. The summed E-state index contributed by atoms with van der Waals surface area (Å²) in [6.45, 7) is 1.29. The van der Waals surface area contributed by atoms with Crippen molar-refractivity contribution in [2.24, 2.45) is 0 Å². The van der Waals surface area contributed by atoms with Crippen molar-refractivity contribution in [1.29, 1.82) is 0 Å². The van der Waals surface area contributed by atoms with Crippen LogP contribution >= 0.6 is 22.9 Å². The van der Waals surface area contributed by atoms with E-state index >= 15 is 0 Å². The lowest BCUT2D eigenvalue weighted by Crippen LogP contribution is -2.46. The topological polar surface area (TPSA) is 49.4 Å². The molecule has 4 rings (SSSR count). The summed E-state index contributed by atoms with van der Waals surface area (Å²) in [5.74, 6) is 0.00397. The first-order valence-electron chi connectivity index (χ1n) is 9.61. The molecule has 1 N–H and O–H groups in total. The number of piperidine rings is 1. The van der Waals surface area contributed by atoms with E-state index in [9.17, 15) is 9.59 Å². The minimum absolute atomic E-state index is 0.0544. The molecule has 3 aromatic rings. The Hall–Kier alpha value is -2.63. The normalized spacial score (nSPS) is 14.6. The Labute approximate surface area is 179 Å².